The molecule has 6 heteroatoms. The molecule has 4 nitrogen and oxygen atoms in total. The lowest BCUT2D eigenvalue weighted by Crippen LogP contribution is -2.09. The van der Waals surface area contributed by atoms with Gasteiger partial charge in [-0.15, -0.1) is 23.2 Å². The molecule has 0 bridgehead atoms. The zero-order chi connectivity index (χ0) is 18.2. The maximum Gasteiger partial charge on any atom is 0.173 e. The number of Topliss-reactive ketones (excluding diaryl/α,β-unsaturated/α-hetero) is 1. The molecule has 1 fully saturated rings. The fraction of sp³-hybridized carbons (Fsp3) is 0.316. The van der Waals surface area contributed by atoms with Gasteiger partial charge in [-0.2, -0.15) is 0 Å². The van der Waals surface area contributed by atoms with Gasteiger partial charge in [0.15, 0.2) is 5.78 Å². The molecule has 2 aromatic rings. The van der Waals surface area contributed by atoms with Crippen LogP contribution in [0, 0.1) is 5.92 Å². The van der Waals surface area contributed by atoms with Crippen molar-refractivity contribution < 1.29 is 19.0 Å². The molecule has 1 saturated carbocycles. The normalized spacial score (nSPS) is 20.7. The lowest BCUT2D eigenvalue weighted by atomic mass is 10.0. The third kappa shape index (κ3) is 3.16. The largest absolute Gasteiger partial charge is 0.497 e. The number of hydrogen-bond acceptors (Lipinski definition) is 4. The molecule has 0 heterocycles. The van der Waals surface area contributed by atoms with E-state index >= 15 is 0 Å². The summed E-state index contributed by atoms with van der Waals surface area (Å²) in [7, 11) is 4.66. The number of alkyl halides is 2. The van der Waals surface area contributed by atoms with E-state index < -0.39 is 10.3 Å². The van der Waals surface area contributed by atoms with Crippen LogP contribution >= 0.6 is 23.2 Å². The first-order valence-corrected chi connectivity index (χ1v) is 8.47. The molecule has 0 amide bonds. The summed E-state index contributed by atoms with van der Waals surface area (Å²) in [6.45, 7) is 0. The van der Waals surface area contributed by atoms with Crippen molar-refractivity contribution >= 4 is 29.0 Å². The average molecular weight is 381 g/mol. The zero-order valence-corrected chi connectivity index (χ0v) is 15.6. The quantitative estimate of drug-likeness (QED) is 0.547. The lowest BCUT2D eigenvalue weighted by Gasteiger charge is -2.09. The smallest absolute Gasteiger partial charge is 0.173 e. The van der Waals surface area contributed by atoms with Gasteiger partial charge >= 0.3 is 0 Å². The summed E-state index contributed by atoms with van der Waals surface area (Å²) >= 11 is 12.9. The molecule has 0 N–H and O–H groups in total. The Kier molecular flexibility index (Phi) is 4.85. The SMILES string of the molecule is COc1ccc(C2C(C(=O)c3cc(OC)ccc3OC)C2(Cl)Cl)cc1. The van der Waals surface area contributed by atoms with Gasteiger partial charge in [-0.25, -0.2) is 0 Å². The molecule has 2 unspecified atom stereocenters. The highest BCUT2D eigenvalue weighted by molar-refractivity contribution is 6.54. The number of ketones is 1. The van der Waals surface area contributed by atoms with E-state index in [2.05, 4.69) is 0 Å². The third-order valence-corrected chi connectivity index (χ3v) is 5.42. The second-order valence-electron chi connectivity index (χ2n) is 5.83. The summed E-state index contributed by atoms with van der Waals surface area (Å²) in [4.78, 5) is 13.0. The van der Waals surface area contributed by atoms with Gasteiger partial charge in [0, 0.05) is 5.92 Å². The molecular weight excluding hydrogens is 363 g/mol. The van der Waals surface area contributed by atoms with E-state index in [1.807, 2.05) is 24.3 Å². The molecule has 2 aromatic carbocycles. The van der Waals surface area contributed by atoms with Crippen LogP contribution in [-0.2, 0) is 0 Å². The molecule has 1 aliphatic carbocycles. The maximum atomic E-state index is 13.0. The van der Waals surface area contributed by atoms with Crippen molar-refractivity contribution in [1.29, 1.82) is 0 Å². The van der Waals surface area contributed by atoms with Gasteiger partial charge in [0.1, 0.15) is 21.6 Å². The van der Waals surface area contributed by atoms with Crippen molar-refractivity contribution in [1.82, 2.24) is 0 Å². The summed E-state index contributed by atoms with van der Waals surface area (Å²) in [5.74, 6) is 0.768. The van der Waals surface area contributed by atoms with E-state index in [1.54, 1.807) is 32.4 Å². The van der Waals surface area contributed by atoms with Gasteiger partial charge in [0.05, 0.1) is 32.8 Å². The first-order chi connectivity index (χ1) is 11.9. The van der Waals surface area contributed by atoms with Gasteiger partial charge in [-0.05, 0) is 35.9 Å². The van der Waals surface area contributed by atoms with Crippen molar-refractivity contribution in [2.75, 3.05) is 21.3 Å². The van der Waals surface area contributed by atoms with Crippen LogP contribution in [0.5, 0.6) is 17.2 Å². The molecule has 0 spiro atoms. The lowest BCUT2D eigenvalue weighted by molar-refractivity contribution is 0.0961. The van der Waals surface area contributed by atoms with E-state index in [0.29, 0.717) is 17.1 Å². The number of benzene rings is 2. The van der Waals surface area contributed by atoms with E-state index in [0.717, 1.165) is 11.3 Å². The number of carbonyl (C=O) groups excluding carboxylic acids is 1. The molecule has 0 saturated heterocycles. The highest BCUT2D eigenvalue weighted by Crippen LogP contribution is 2.66. The molecule has 0 aromatic heterocycles. The number of methoxy groups -OCH3 is 3. The molecule has 1 aliphatic rings. The highest BCUT2D eigenvalue weighted by Gasteiger charge is 2.67. The van der Waals surface area contributed by atoms with Gasteiger partial charge in [-0.1, -0.05) is 12.1 Å². The fourth-order valence-electron chi connectivity index (χ4n) is 3.05. The highest BCUT2D eigenvalue weighted by atomic mass is 35.5. The Morgan fingerprint density at radius 2 is 1.52 bits per heavy atom. The Balaban J connectivity index is 1.92. The van der Waals surface area contributed by atoms with Gasteiger partial charge in [0.25, 0.3) is 0 Å². The van der Waals surface area contributed by atoms with Crippen molar-refractivity contribution in [3.63, 3.8) is 0 Å². The Labute approximate surface area is 156 Å². The van der Waals surface area contributed by atoms with Crippen molar-refractivity contribution in [2.24, 2.45) is 5.92 Å². The van der Waals surface area contributed by atoms with Crippen molar-refractivity contribution in [3.05, 3.63) is 53.6 Å². The number of ether oxygens (including phenoxy) is 3. The maximum absolute atomic E-state index is 13.0. The van der Waals surface area contributed by atoms with Crippen LogP contribution in [0.3, 0.4) is 0 Å². The zero-order valence-electron chi connectivity index (χ0n) is 14.1. The van der Waals surface area contributed by atoms with Gasteiger partial charge in [0.2, 0.25) is 0 Å². The van der Waals surface area contributed by atoms with E-state index in [9.17, 15) is 4.79 Å². The standard InChI is InChI=1S/C19H18Cl2O4/c1-23-12-6-4-11(5-7-12)16-17(19(16,20)21)18(22)14-10-13(24-2)8-9-15(14)25-3/h4-10,16-17H,1-3H3. The summed E-state index contributed by atoms with van der Waals surface area (Å²) < 4.78 is 14.5. The van der Waals surface area contributed by atoms with Crippen LogP contribution in [-0.4, -0.2) is 31.4 Å². The number of rotatable bonds is 6. The predicted molar refractivity (Wildman–Crippen MR) is 97.5 cm³/mol. The van der Waals surface area contributed by atoms with Crippen LogP contribution < -0.4 is 14.2 Å². The molecule has 2 atom stereocenters. The monoisotopic (exact) mass is 380 g/mol. The number of hydrogen-bond donors (Lipinski definition) is 0. The third-order valence-electron chi connectivity index (χ3n) is 4.48. The van der Waals surface area contributed by atoms with Crippen LogP contribution in [0.4, 0.5) is 0 Å². The minimum Gasteiger partial charge on any atom is -0.497 e. The van der Waals surface area contributed by atoms with E-state index in [1.165, 1.54) is 7.11 Å². The van der Waals surface area contributed by atoms with Crippen LogP contribution in [0.2, 0.25) is 0 Å². The van der Waals surface area contributed by atoms with E-state index in [-0.39, 0.29) is 11.7 Å². The summed E-state index contributed by atoms with van der Waals surface area (Å²) in [6.07, 6.45) is 0. The Bertz CT molecular complexity index is 787. The Morgan fingerprint density at radius 3 is 2.08 bits per heavy atom. The minimum absolute atomic E-state index is 0.165. The van der Waals surface area contributed by atoms with Crippen LogP contribution in [0.15, 0.2) is 42.5 Å². The number of halogens is 2. The minimum atomic E-state index is -1.15. The molecule has 0 aliphatic heterocycles. The second kappa shape index (κ2) is 6.77. The summed E-state index contributed by atoms with van der Waals surface area (Å²) in [6, 6.07) is 12.5. The molecule has 3 rings (SSSR count). The van der Waals surface area contributed by atoms with Crippen LogP contribution in [0.1, 0.15) is 21.8 Å². The molecular formula is C19H18Cl2O4. The van der Waals surface area contributed by atoms with Gasteiger partial charge in [-0.3, -0.25) is 4.79 Å². The molecule has 0 radical (unpaired) electrons. The topological polar surface area (TPSA) is 44.8 Å². The Hall–Kier alpha value is -1.91. The predicted octanol–water partition coefficient (Wildman–Crippen LogP) is 4.48. The summed E-state index contributed by atoms with van der Waals surface area (Å²) in [5.41, 5.74) is 1.31. The van der Waals surface area contributed by atoms with Gasteiger partial charge < -0.3 is 14.2 Å². The molecule has 132 valence electrons. The fourth-order valence-corrected chi connectivity index (χ4v) is 3.88. The average Bonchev–Trinajstić information content (AvgIpc) is 3.22. The number of carbonyl (C=O) groups is 1. The Morgan fingerprint density at radius 1 is 0.920 bits per heavy atom. The van der Waals surface area contributed by atoms with E-state index in [4.69, 9.17) is 37.4 Å². The summed E-state index contributed by atoms with van der Waals surface area (Å²) in [5, 5.41) is 0. The second-order valence-corrected chi connectivity index (χ2v) is 7.28. The van der Waals surface area contributed by atoms with Crippen molar-refractivity contribution in [3.8, 4) is 17.2 Å². The van der Waals surface area contributed by atoms with Crippen LogP contribution in [0.25, 0.3) is 0 Å². The molecule has 25 heavy (non-hydrogen) atoms. The first-order valence-electron chi connectivity index (χ1n) is 7.72. The first kappa shape index (κ1) is 17.9. The van der Waals surface area contributed by atoms with Crippen molar-refractivity contribution in [2.45, 2.75) is 10.3 Å².